The van der Waals surface area contributed by atoms with Crippen molar-refractivity contribution in [3.05, 3.63) is 89.5 Å². The van der Waals surface area contributed by atoms with E-state index in [2.05, 4.69) is 27.0 Å². The third-order valence-electron chi connectivity index (χ3n) is 6.01. The number of rotatable bonds is 8. The molecule has 1 saturated heterocycles. The number of ether oxygens (including phenoxy) is 1. The molecule has 0 spiro atoms. The Kier molecular flexibility index (Phi) is 8.04. The van der Waals surface area contributed by atoms with Gasteiger partial charge < -0.3 is 9.64 Å². The number of benzene rings is 1. The number of aromatic nitrogens is 2. The summed E-state index contributed by atoms with van der Waals surface area (Å²) in [5, 5.41) is 0. The fourth-order valence-electron chi connectivity index (χ4n) is 4.08. The second-order valence-electron chi connectivity index (χ2n) is 8.54. The zero-order chi connectivity index (χ0) is 22.9. The van der Waals surface area contributed by atoms with Crippen LogP contribution in [0.25, 0.3) is 0 Å². The molecular formula is C27H32N4O2. The highest BCUT2D eigenvalue weighted by molar-refractivity contribution is 5.70. The van der Waals surface area contributed by atoms with Gasteiger partial charge in [-0.1, -0.05) is 24.3 Å². The number of nitrogens with zero attached hydrogens (tertiary/aromatic N) is 4. The van der Waals surface area contributed by atoms with Crippen molar-refractivity contribution in [2.45, 2.75) is 32.6 Å². The Labute approximate surface area is 196 Å². The molecule has 0 radical (unpaired) electrons. The first-order valence-electron chi connectivity index (χ1n) is 11.8. The van der Waals surface area contributed by atoms with Gasteiger partial charge >= 0.3 is 6.09 Å². The maximum absolute atomic E-state index is 12.6. The summed E-state index contributed by atoms with van der Waals surface area (Å²) in [6.07, 6.45) is 5.45. The molecule has 2 aromatic heterocycles. The normalized spacial score (nSPS) is 14.3. The fourth-order valence-corrected chi connectivity index (χ4v) is 4.08. The fraction of sp³-hybridized carbons (Fsp3) is 0.370. The average Bonchev–Trinajstić information content (AvgIpc) is 2.85. The van der Waals surface area contributed by atoms with Crippen molar-refractivity contribution in [3.63, 3.8) is 0 Å². The number of amides is 1. The van der Waals surface area contributed by atoms with Crippen LogP contribution >= 0.6 is 0 Å². The molecule has 0 aliphatic carbocycles. The van der Waals surface area contributed by atoms with Crippen molar-refractivity contribution in [3.8, 4) is 5.75 Å². The number of carbonyl (C=O) groups is 1. The predicted molar refractivity (Wildman–Crippen MR) is 129 cm³/mol. The van der Waals surface area contributed by atoms with Gasteiger partial charge in [0.2, 0.25) is 0 Å². The lowest BCUT2D eigenvalue weighted by molar-refractivity contribution is 0.110. The second kappa shape index (κ2) is 11.6. The number of carbonyl (C=O) groups excluding carboxylic acids is 1. The molecule has 0 unspecified atom stereocenters. The van der Waals surface area contributed by atoms with Gasteiger partial charge in [0.15, 0.2) is 0 Å². The third-order valence-corrected chi connectivity index (χ3v) is 6.01. The van der Waals surface area contributed by atoms with Crippen molar-refractivity contribution in [2.75, 3.05) is 32.7 Å². The molecule has 0 bridgehead atoms. The van der Waals surface area contributed by atoms with Crippen LogP contribution in [0.1, 0.15) is 29.1 Å². The number of hydrogen-bond donors (Lipinski definition) is 0. The summed E-state index contributed by atoms with van der Waals surface area (Å²) in [5.41, 5.74) is 4.48. The number of piperazine rings is 1. The molecule has 6 nitrogen and oxygen atoms in total. The lowest BCUT2D eigenvalue weighted by Crippen LogP contribution is -2.49. The smallest absolute Gasteiger partial charge is 0.410 e. The molecule has 1 aromatic carbocycles. The monoisotopic (exact) mass is 444 g/mol. The first-order valence-corrected chi connectivity index (χ1v) is 11.8. The Morgan fingerprint density at radius 2 is 1.67 bits per heavy atom. The van der Waals surface area contributed by atoms with Crippen LogP contribution in [-0.2, 0) is 19.3 Å². The zero-order valence-electron chi connectivity index (χ0n) is 19.3. The Morgan fingerprint density at radius 3 is 2.39 bits per heavy atom. The Bertz CT molecular complexity index is 1020. The van der Waals surface area contributed by atoms with Gasteiger partial charge in [-0.15, -0.1) is 0 Å². The largest absolute Gasteiger partial charge is 0.415 e. The summed E-state index contributed by atoms with van der Waals surface area (Å²) in [7, 11) is 0. The maximum atomic E-state index is 12.6. The summed E-state index contributed by atoms with van der Waals surface area (Å²) in [4.78, 5) is 25.7. The van der Waals surface area contributed by atoms with Crippen LogP contribution in [-0.4, -0.2) is 58.6 Å². The Morgan fingerprint density at radius 1 is 0.879 bits per heavy atom. The molecule has 172 valence electrons. The summed E-state index contributed by atoms with van der Waals surface area (Å²) in [6, 6.07) is 20.0. The van der Waals surface area contributed by atoms with Gasteiger partial charge in [0.1, 0.15) is 5.75 Å². The van der Waals surface area contributed by atoms with Crippen LogP contribution in [0, 0.1) is 6.92 Å². The molecule has 6 heteroatoms. The third kappa shape index (κ3) is 7.12. The molecule has 0 saturated carbocycles. The highest BCUT2D eigenvalue weighted by Gasteiger charge is 2.22. The maximum Gasteiger partial charge on any atom is 0.415 e. The van der Waals surface area contributed by atoms with Crippen LogP contribution in [0.5, 0.6) is 5.75 Å². The van der Waals surface area contributed by atoms with E-state index in [9.17, 15) is 4.79 Å². The van der Waals surface area contributed by atoms with Crippen molar-refractivity contribution < 1.29 is 9.53 Å². The van der Waals surface area contributed by atoms with E-state index >= 15 is 0 Å². The van der Waals surface area contributed by atoms with Crippen LogP contribution in [0.2, 0.25) is 0 Å². The van der Waals surface area contributed by atoms with Crippen LogP contribution in [0.3, 0.4) is 0 Å². The molecule has 0 atom stereocenters. The molecule has 1 aliphatic heterocycles. The van der Waals surface area contributed by atoms with E-state index in [1.54, 1.807) is 4.90 Å². The van der Waals surface area contributed by atoms with Crippen molar-refractivity contribution in [1.82, 2.24) is 19.8 Å². The van der Waals surface area contributed by atoms with Crippen LogP contribution in [0.4, 0.5) is 4.79 Å². The molecule has 3 heterocycles. The van der Waals surface area contributed by atoms with Gasteiger partial charge in [0.05, 0.1) is 0 Å². The van der Waals surface area contributed by atoms with Crippen molar-refractivity contribution in [1.29, 1.82) is 0 Å². The van der Waals surface area contributed by atoms with E-state index in [-0.39, 0.29) is 6.09 Å². The topological polar surface area (TPSA) is 58.6 Å². The van der Waals surface area contributed by atoms with Gasteiger partial charge in [0.25, 0.3) is 0 Å². The quantitative estimate of drug-likeness (QED) is 0.518. The van der Waals surface area contributed by atoms with Gasteiger partial charge in [-0.05, 0) is 81.1 Å². The minimum absolute atomic E-state index is 0.264. The van der Waals surface area contributed by atoms with Gasteiger partial charge in [0, 0.05) is 49.5 Å². The van der Waals surface area contributed by atoms with Gasteiger partial charge in [-0.3, -0.25) is 14.9 Å². The number of pyridine rings is 2. The summed E-state index contributed by atoms with van der Waals surface area (Å²) >= 11 is 0. The first kappa shape index (κ1) is 22.9. The van der Waals surface area contributed by atoms with E-state index in [0.717, 1.165) is 62.4 Å². The van der Waals surface area contributed by atoms with E-state index in [4.69, 9.17) is 4.74 Å². The summed E-state index contributed by atoms with van der Waals surface area (Å²) < 4.78 is 5.61. The molecule has 1 fully saturated rings. The van der Waals surface area contributed by atoms with Crippen molar-refractivity contribution >= 4 is 6.09 Å². The molecule has 4 rings (SSSR count). The minimum atomic E-state index is -0.264. The van der Waals surface area contributed by atoms with Gasteiger partial charge in [-0.25, -0.2) is 4.79 Å². The van der Waals surface area contributed by atoms with Crippen LogP contribution < -0.4 is 4.74 Å². The molecule has 3 aromatic rings. The average molecular weight is 445 g/mol. The molecule has 0 N–H and O–H groups in total. The zero-order valence-corrected chi connectivity index (χ0v) is 19.3. The first-order chi connectivity index (χ1) is 16.2. The highest BCUT2D eigenvalue weighted by Crippen LogP contribution is 2.16. The molecule has 33 heavy (non-hydrogen) atoms. The van der Waals surface area contributed by atoms with Gasteiger partial charge in [-0.2, -0.15) is 0 Å². The minimum Gasteiger partial charge on any atom is -0.410 e. The standard InChI is InChI=1S/C27H32N4O2/c1-22-6-4-8-25(29-22)13-10-23-11-14-26(15-12-23)33-27(32)31-20-18-30(19-21-31)17-5-9-24-7-2-3-16-28-24/h2-4,6-8,11-12,14-16H,5,9-10,13,17-21H2,1H3. The molecule has 1 aliphatic rings. The van der Waals surface area contributed by atoms with Crippen molar-refractivity contribution in [2.24, 2.45) is 0 Å². The Hall–Kier alpha value is -3.25. The predicted octanol–water partition coefficient (Wildman–Crippen LogP) is 4.32. The number of hydrogen-bond acceptors (Lipinski definition) is 5. The molecule has 1 amide bonds. The van der Waals surface area contributed by atoms with E-state index in [1.165, 1.54) is 5.56 Å². The summed E-state index contributed by atoms with van der Waals surface area (Å²) in [5.74, 6) is 0.593. The van der Waals surface area contributed by atoms with Crippen LogP contribution in [0.15, 0.2) is 66.9 Å². The Balaban J connectivity index is 1.16. The second-order valence-corrected chi connectivity index (χ2v) is 8.54. The number of aryl methyl sites for hydroxylation is 4. The van der Waals surface area contributed by atoms with E-state index < -0.39 is 0 Å². The summed E-state index contributed by atoms with van der Waals surface area (Å²) in [6.45, 7) is 6.19. The van der Waals surface area contributed by atoms with E-state index in [1.807, 2.05) is 61.7 Å². The highest BCUT2D eigenvalue weighted by atomic mass is 16.6. The lowest BCUT2D eigenvalue weighted by Gasteiger charge is -2.34. The lowest BCUT2D eigenvalue weighted by atomic mass is 10.1. The molecular weight excluding hydrogens is 412 g/mol. The SMILES string of the molecule is Cc1cccc(CCc2ccc(OC(=O)N3CCN(CCCc4ccccn4)CC3)cc2)n1. The van der Waals surface area contributed by atoms with E-state index in [0.29, 0.717) is 18.8 Å².